The number of hydrogen-bond donors (Lipinski definition) is 2. The van der Waals surface area contributed by atoms with Crippen LogP contribution in [0.4, 0.5) is 0 Å². The quantitative estimate of drug-likeness (QED) is 0.384. The first kappa shape index (κ1) is 21.7. The Morgan fingerprint density at radius 3 is 2.68 bits per heavy atom. The van der Waals surface area contributed by atoms with E-state index >= 15 is 0 Å². The zero-order chi connectivity index (χ0) is 17.4. The van der Waals surface area contributed by atoms with Gasteiger partial charge in [-0.3, -0.25) is 4.79 Å². The summed E-state index contributed by atoms with van der Waals surface area (Å²) in [6.07, 6.45) is 3.52. The lowest BCUT2D eigenvalue weighted by Gasteiger charge is -2.34. The molecular formula is C17H30IN5O2. The maximum atomic E-state index is 11.5. The average molecular weight is 463 g/mol. The lowest BCUT2D eigenvalue weighted by Crippen LogP contribution is -2.46. The van der Waals surface area contributed by atoms with Crippen LogP contribution < -0.4 is 10.6 Å². The Kier molecular flexibility index (Phi) is 9.84. The molecule has 0 saturated carbocycles. The molecule has 142 valence electrons. The van der Waals surface area contributed by atoms with Gasteiger partial charge in [0.15, 0.2) is 11.7 Å². The fraction of sp³-hybridized carbons (Fsp3) is 0.706. The van der Waals surface area contributed by atoms with Gasteiger partial charge < -0.3 is 20.1 Å². The highest BCUT2D eigenvalue weighted by Crippen LogP contribution is 2.20. The third-order valence-corrected chi connectivity index (χ3v) is 4.36. The van der Waals surface area contributed by atoms with Crippen molar-refractivity contribution in [3.63, 3.8) is 0 Å². The molecule has 0 spiro atoms. The van der Waals surface area contributed by atoms with Gasteiger partial charge in [-0.15, -0.1) is 24.0 Å². The van der Waals surface area contributed by atoms with Crippen LogP contribution in [0.2, 0.25) is 0 Å². The van der Waals surface area contributed by atoms with Gasteiger partial charge in [0, 0.05) is 39.2 Å². The van der Waals surface area contributed by atoms with E-state index in [1.54, 1.807) is 7.05 Å². The van der Waals surface area contributed by atoms with E-state index in [0.717, 1.165) is 56.3 Å². The number of hydrogen-bond acceptors (Lipinski definition) is 4. The van der Waals surface area contributed by atoms with E-state index in [-0.39, 0.29) is 29.9 Å². The number of guanidine groups is 1. The summed E-state index contributed by atoms with van der Waals surface area (Å²) < 4.78 is 5.30. The number of carbonyl (C=O) groups excluding carboxylic acids is 1. The molecule has 1 aliphatic heterocycles. The SMILES string of the molecule is CCNC(=NCc1cc(CC)no1)N1CCC(CC(=O)NC)CC1.I. The van der Waals surface area contributed by atoms with Crippen LogP contribution in [0.1, 0.15) is 44.6 Å². The second-order valence-corrected chi connectivity index (χ2v) is 6.12. The number of likely N-dealkylation sites (tertiary alicyclic amines) is 1. The minimum atomic E-state index is 0. The van der Waals surface area contributed by atoms with Gasteiger partial charge in [-0.25, -0.2) is 4.99 Å². The van der Waals surface area contributed by atoms with Crippen molar-refractivity contribution in [2.75, 3.05) is 26.7 Å². The summed E-state index contributed by atoms with van der Waals surface area (Å²) in [5.41, 5.74) is 0.959. The maximum Gasteiger partial charge on any atom is 0.220 e. The van der Waals surface area contributed by atoms with Gasteiger partial charge >= 0.3 is 0 Å². The summed E-state index contributed by atoms with van der Waals surface area (Å²) in [6, 6.07) is 1.96. The molecule has 1 saturated heterocycles. The van der Waals surface area contributed by atoms with Crippen molar-refractivity contribution in [1.82, 2.24) is 20.7 Å². The summed E-state index contributed by atoms with van der Waals surface area (Å²) in [7, 11) is 1.70. The first-order chi connectivity index (χ1) is 11.7. The number of nitrogens with zero attached hydrogens (tertiary/aromatic N) is 3. The van der Waals surface area contributed by atoms with E-state index < -0.39 is 0 Å². The minimum Gasteiger partial charge on any atom is -0.359 e. The fourth-order valence-electron chi connectivity index (χ4n) is 2.89. The number of piperidine rings is 1. The summed E-state index contributed by atoms with van der Waals surface area (Å²) in [5, 5.41) is 10.1. The molecule has 2 rings (SSSR count). The van der Waals surface area contributed by atoms with Gasteiger partial charge in [0.1, 0.15) is 6.54 Å². The van der Waals surface area contributed by atoms with Crippen molar-refractivity contribution in [2.45, 2.75) is 46.1 Å². The van der Waals surface area contributed by atoms with Gasteiger partial charge in [-0.2, -0.15) is 0 Å². The highest BCUT2D eigenvalue weighted by molar-refractivity contribution is 14.0. The van der Waals surface area contributed by atoms with Crippen LogP contribution in [0.5, 0.6) is 0 Å². The molecule has 2 N–H and O–H groups in total. The van der Waals surface area contributed by atoms with Crippen molar-refractivity contribution in [3.05, 3.63) is 17.5 Å². The van der Waals surface area contributed by atoms with Crippen molar-refractivity contribution in [3.8, 4) is 0 Å². The second kappa shape index (κ2) is 11.3. The highest BCUT2D eigenvalue weighted by atomic mass is 127. The van der Waals surface area contributed by atoms with E-state index in [1.165, 1.54) is 0 Å². The normalized spacial score (nSPS) is 15.6. The Labute approximate surface area is 167 Å². The van der Waals surface area contributed by atoms with Gasteiger partial charge in [-0.1, -0.05) is 12.1 Å². The number of aromatic nitrogens is 1. The Balaban J connectivity index is 0.00000312. The third kappa shape index (κ3) is 6.83. The van der Waals surface area contributed by atoms with Gasteiger partial charge in [0.2, 0.25) is 5.91 Å². The lowest BCUT2D eigenvalue weighted by molar-refractivity contribution is -0.121. The third-order valence-electron chi connectivity index (χ3n) is 4.36. The summed E-state index contributed by atoms with van der Waals surface area (Å²) in [5.74, 6) is 2.29. The monoisotopic (exact) mass is 463 g/mol. The molecule has 0 radical (unpaired) electrons. The largest absolute Gasteiger partial charge is 0.359 e. The Morgan fingerprint density at radius 1 is 1.40 bits per heavy atom. The van der Waals surface area contributed by atoms with Crippen LogP contribution in [-0.2, 0) is 17.8 Å². The van der Waals surface area contributed by atoms with E-state index in [4.69, 9.17) is 4.52 Å². The van der Waals surface area contributed by atoms with Gasteiger partial charge in [0.25, 0.3) is 0 Å². The fourth-order valence-corrected chi connectivity index (χ4v) is 2.89. The van der Waals surface area contributed by atoms with E-state index in [2.05, 4.69) is 39.5 Å². The number of aliphatic imine (C=N–C) groups is 1. The topological polar surface area (TPSA) is 82.8 Å². The molecular weight excluding hydrogens is 433 g/mol. The van der Waals surface area contributed by atoms with Crippen molar-refractivity contribution >= 4 is 35.8 Å². The number of nitrogens with one attached hydrogen (secondary N) is 2. The molecule has 1 fully saturated rings. The molecule has 0 aromatic carbocycles. The van der Waals surface area contributed by atoms with Crippen LogP contribution in [0.15, 0.2) is 15.6 Å². The average Bonchev–Trinajstić information content (AvgIpc) is 3.07. The molecule has 2 heterocycles. The van der Waals surface area contributed by atoms with E-state index in [9.17, 15) is 4.79 Å². The molecule has 0 atom stereocenters. The van der Waals surface area contributed by atoms with Crippen LogP contribution in [-0.4, -0.2) is 48.6 Å². The standard InChI is InChI=1S/C17H29N5O2.HI/c1-4-14-11-15(24-21-14)12-20-17(19-5-2)22-8-6-13(7-9-22)10-16(23)18-3;/h11,13H,4-10,12H2,1-3H3,(H,18,23)(H,19,20);1H. The molecule has 7 nitrogen and oxygen atoms in total. The highest BCUT2D eigenvalue weighted by Gasteiger charge is 2.23. The van der Waals surface area contributed by atoms with Crippen LogP contribution in [0, 0.1) is 5.92 Å². The first-order valence-electron chi connectivity index (χ1n) is 8.84. The number of aryl methyl sites for hydroxylation is 1. The molecule has 0 aliphatic carbocycles. The predicted molar refractivity (Wildman–Crippen MR) is 109 cm³/mol. The number of halogens is 1. The lowest BCUT2D eigenvalue weighted by atomic mass is 9.93. The van der Waals surface area contributed by atoms with Gasteiger partial charge in [-0.05, 0) is 32.1 Å². The van der Waals surface area contributed by atoms with Crippen molar-refractivity contribution < 1.29 is 9.32 Å². The minimum absolute atomic E-state index is 0. The zero-order valence-corrected chi connectivity index (χ0v) is 17.7. The van der Waals surface area contributed by atoms with E-state index in [1.807, 2.05) is 6.07 Å². The second-order valence-electron chi connectivity index (χ2n) is 6.12. The summed E-state index contributed by atoms with van der Waals surface area (Å²) >= 11 is 0. The maximum absolute atomic E-state index is 11.5. The van der Waals surface area contributed by atoms with Crippen molar-refractivity contribution in [1.29, 1.82) is 0 Å². The number of rotatable bonds is 6. The molecule has 0 unspecified atom stereocenters. The Bertz CT molecular complexity index is 553. The predicted octanol–water partition coefficient (Wildman–Crippen LogP) is 2.17. The molecule has 1 aromatic heterocycles. The molecule has 25 heavy (non-hydrogen) atoms. The van der Waals surface area contributed by atoms with Crippen molar-refractivity contribution in [2.24, 2.45) is 10.9 Å². The molecule has 1 amide bonds. The van der Waals surface area contributed by atoms with Crippen LogP contribution in [0.3, 0.4) is 0 Å². The number of carbonyl (C=O) groups is 1. The van der Waals surface area contributed by atoms with E-state index in [0.29, 0.717) is 18.9 Å². The Hall–Kier alpha value is -1.32. The Morgan fingerprint density at radius 2 is 2.12 bits per heavy atom. The van der Waals surface area contributed by atoms with Gasteiger partial charge in [0.05, 0.1) is 5.69 Å². The zero-order valence-electron chi connectivity index (χ0n) is 15.4. The van der Waals surface area contributed by atoms with Crippen LogP contribution >= 0.6 is 24.0 Å². The molecule has 0 bridgehead atoms. The summed E-state index contributed by atoms with van der Waals surface area (Å²) in [6.45, 7) is 7.28. The number of amides is 1. The summed E-state index contributed by atoms with van der Waals surface area (Å²) in [4.78, 5) is 18.4. The van der Waals surface area contributed by atoms with Crippen LogP contribution in [0.25, 0.3) is 0 Å². The molecule has 1 aliphatic rings. The molecule has 8 heteroatoms. The smallest absolute Gasteiger partial charge is 0.220 e. The first-order valence-corrected chi connectivity index (χ1v) is 8.84. The molecule has 1 aromatic rings.